The molecular formula is C20H24BrN3O2S. The van der Waals surface area contributed by atoms with E-state index in [2.05, 4.69) is 50.2 Å². The van der Waals surface area contributed by atoms with E-state index in [9.17, 15) is 4.79 Å². The Morgan fingerprint density at radius 2 is 2.26 bits per heavy atom. The summed E-state index contributed by atoms with van der Waals surface area (Å²) in [6.07, 6.45) is 15.4. The second-order valence-electron chi connectivity index (χ2n) is 5.37. The first-order chi connectivity index (χ1) is 13.1. The van der Waals surface area contributed by atoms with Crippen molar-refractivity contribution in [3.05, 3.63) is 51.1 Å². The van der Waals surface area contributed by atoms with Crippen LogP contribution in [-0.4, -0.2) is 41.4 Å². The smallest absolute Gasteiger partial charge is 0.337 e. The van der Waals surface area contributed by atoms with Crippen LogP contribution in [0, 0.1) is 12.8 Å². The SMILES string of the molecule is C#C.C=C/C=C(\C)Br.CCOC(=O)C1=C2CCCN2C(c2nccs2)=NC1. The first-order valence-corrected chi connectivity index (χ1v) is 10.1. The van der Waals surface area contributed by atoms with Gasteiger partial charge in [0.05, 0.1) is 18.7 Å². The maximum absolute atomic E-state index is 11.9. The van der Waals surface area contributed by atoms with Crippen LogP contribution in [0.25, 0.3) is 0 Å². The molecule has 0 N–H and O–H groups in total. The number of halogens is 1. The molecule has 1 aromatic rings. The Morgan fingerprint density at radius 1 is 1.52 bits per heavy atom. The molecule has 0 spiro atoms. The summed E-state index contributed by atoms with van der Waals surface area (Å²) >= 11 is 4.80. The minimum absolute atomic E-state index is 0.230. The third-order valence-corrected chi connectivity index (χ3v) is 4.64. The van der Waals surface area contributed by atoms with Crippen molar-refractivity contribution >= 4 is 39.1 Å². The summed E-state index contributed by atoms with van der Waals surface area (Å²) in [5, 5.41) is 2.86. The number of nitrogens with zero attached hydrogens (tertiary/aromatic N) is 3. The number of rotatable bonds is 4. The van der Waals surface area contributed by atoms with Gasteiger partial charge >= 0.3 is 5.97 Å². The molecule has 27 heavy (non-hydrogen) atoms. The van der Waals surface area contributed by atoms with Crippen LogP contribution in [0.5, 0.6) is 0 Å². The molecular weight excluding hydrogens is 426 g/mol. The predicted molar refractivity (Wildman–Crippen MR) is 116 cm³/mol. The third-order valence-electron chi connectivity index (χ3n) is 3.61. The van der Waals surface area contributed by atoms with Crippen LogP contribution in [0.2, 0.25) is 0 Å². The number of esters is 1. The number of aliphatic imine (C=N–C) groups is 1. The number of terminal acetylenes is 1. The zero-order chi connectivity index (χ0) is 20.2. The van der Waals surface area contributed by atoms with Crippen molar-refractivity contribution in [2.24, 2.45) is 4.99 Å². The number of carbonyl (C=O) groups excluding carboxylic acids is 1. The summed E-state index contributed by atoms with van der Waals surface area (Å²) in [7, 11) is 0. The van der Waals surface area contributed by atoms with Crippen LogP contribution in [0.4, 0.5) is 0 Å². The number of fused-ring (bicyclic) bond motifs is 1. The van der Waals surface area contributed by atoms with E-state index in [0.29, 0.717) is 18.7 Å². The Kier molecular flexibility index (Phi) is 10.4. The summed E-state index contributed by atoms with van der Waals surface area (Å²) < 4.78 is 6.22. The Hall–Kier alpha value is -2.17. The molecule has 0 saturated carbocycles. The molecule has 0 amide bonds. The van der Waals surface area contributed by atoms with E-state index in [0.717, 1.165) is 40.4 Å². The van der Waals surface area contributed by atoms with E-state index in [4.69, 9.17) is 4.74 Å². The third kappa shape index (κ3) is 6.49. The zero-order valence-electron chi connectivity index (χ0n) is 15.7. The molecule has 3 rings (SSSR count). The molecule has 2 aliphatic rings. The molecule has 0 radical (unpaired) electrons. The summed E-state index contributed by atoms with van der Waals surface area (Å²) in [4.78, 5) is 22.9. The number of amidine groups is 1. The van der Waals surface area contributed by atoms with Gasteiger partial charge in [0.25, 0.3) is 0 Å². The quantitative estimate of drug-likeness (QED) is 0.384. The zero-order valence-corrected chi connectivity index (χ0v) is 18.1. The second kappa shape index (κ2) is 12.3. The van der Waals surface area contributed by atoms with Gasteiger partial charge in [0.2, 0.25) is 0 Å². The molecule has 0 atom stereocenters. The van der Waals surface area contributed by atoms with Crippen molar-refractivity contribution in [3.8, 4) is 12.8 Å². The lowest BCUT2D eigenvalue weighted by Crippen LogP contribution is -2.33. The van der Waals surface area contributed by atoms with E-state index in [1.165, 1.54) is 0 Å². The Bertz CT molecular complexity index is 745. The van der Waals surface area contributed by atoms with Crippen LogP contribution in [0.15, 0.2) is 51.1 Å². The number of hydrogen-bond acceptors (Lipinski definition) is 6. The minimum Gasteiger partial charge on any atom is -0.463 e. The highest BCUT2D eigenvalue weighted by molar-refractivity contribution is 9.11. The molecule has 5 nitrogen and oxygen atoms in total. The summed E-state index contributed by atoms with van der Waals surface area (Å²) in [6.45, 7) is 8.98. The van der Waals surface area contributed by atoms with Gasteiger partial charge in [-0.3, -0.25) is 4.99 Å². The van der Waals surface area contributed by atoms with Crippen LogP contribution in [0.1, 0.15) is 31.7 Å². The summed E-state index contributed by atoms with van der Waals surface area (Å²) in [5.74, 6) is 0.668. The van der Waals surface area contributed by atoms with Gasteiger partial charge in [-0.05, 0) is 31.2 Å². The minimum atomic E-state index is -0.230. The van der Waals surface area contributed by atoms with Gasteiger partial charge in [-0.2, -0.15) is 0 Å². The fraction of sp³-hybridized carbons (Fsp3) is 0.350. The highest BCUT2D eigenvalue weighted by Gasteiger charge is 2.32. The van der Waals surface area contributed by atoms with Crippen LogP contribution >= 0.6 is 27.3 Å². The number of carbonyl (C=O) groups is 1. The average Bonchev–Trinajstić information content (AvgIpc) is 3.35. The van der Waals surface area contributed by atoms with Gasteiger partial charge in [-0.15, -0.1) is 24.2 Å². The molecule has 0 unspecified atom stereocenters. The molecule has 0 aromatic carbocycles. The topological polar surface area (TPSA) is 54.8 Å². The van der Waals surface area contributed by atoms with Gasteiger partial charge in [-0.1, -0.05) is 34.7 Å². The normalized spacial score (nSPS) is 15.5. The number of ether oxygens (including phenoxy) is 1. The summed E-state index contributed by atoms with van der Waals surface area (Å²) in [6, 6.07) is 0. The van der Waals surface area contributed by atoms with Crippen LogP contribution < -0.4 is 0 Å². The molecule has 0 bridgehead atoms. The van der Waals surface area contributed by atoms with Crippen molar-refractivity contribution in [1.29, 1.82) is 0 Å². The molecule has 1 fully saturated rings. The van der Waals surface area contributed by atoms with Crippen LogP contribution in [0.3, 0.4) is 0 Å². The van der Waals surface area contributed by atoms with Gasteiger partial charge < -0.3 is 9.64 Å². The molecule has 0 aliphatic carbocycles. The monoisotopic (exact) mass is 449 g/mol. The Labute approximate surface area is 173 Å². The Balaban J connectivity index is 0.000000392. The van der Waals surface area contributed by atoms with Gasteiger partial charge in [0, 0.05) is 23.8 Å². The fourth-order valence-corrected chi connectivity index (χ4v) is 3.47. The number of hydrogen-bond donors (Lipinski definition) is 0. The van der Waals surface area contributed by atoms with E-state index in [1.807, 2.05) is 25.3 Å². The largest absolute Gasteiger partial charge is 0.463 e. The van der Waals surface area contributed by atoms with Crippen molar-refractivity contribution in [2.45, 2.75) is 26.7 Å². The average molecular weight is 450 g/mol. The maximum atomic E-state index is 11.9. The molecule has 144 valence electrons. The number of allylic oxidation sites excluding steroid dienone is 4. The van der Waals surface area contributed by atoms with Gasteiger partial charge in [0.1, 0.15) is 0 Å². The lowest BCUT2D eigenvalue weighted by molar-refractivity contribution is -0.138. The van der Waals surface area contributed by atoms with Gasteiger partial charge in [0.15, 0.2) is 10.8 Å². The second-order valence-corrected chi connectivity index (χ2v) is 7.51. The molecule has 1 saturated heterocycles. The van der Waals surface area contributed by atoms with E-state index in [-0.39, 0.29) is 5.97 Å². The Morgan fingerprint density at radius 3 is 2.78 bits per heavy atom. The highest BCUT2D eigenvalue weighted by atomic mass is 79.9. The van der Waals surface area contributed by atoms with E-state index < -0.39 is 0 Å². The van der Waals surface area contributed by atoms with Crippen molar-refractivity contribution in [1.82, 2.24) is 9.88 Å². The van der Waals surface area contributed by atoms with Crippen molar-refractivity contribution in [3.63, 3.8) is 0 Å². The number of aromatic nitrogens is 1. The van der Waals surface area contributed by atoms with E-state index >= 15 is 0 Å². The van der Waals surface area contributed by atoms with Crippen molar-refractivity contribution < 1.29 is 9.53 Å². The molecule has 2 aliphatic heterocycles. The molecule has 3 heterocycles. The van der Waals surface area contributed by atoms with E-state index in [1.54, 1.807) is 23.6 Å². The standard InChI is InChI=1S/C13H15N3O2S.C5H7Br.C2H2/c1-2-18-13(17)9-8-15-11(12-14-5-7-19-12)16-6-3-4-10(9)16;1-3-4-5(2)6;1-2/h5,7H,2-4,6,8H2,1H3;3-4H,1H2,2H3;1-2H/b;5-4+;. The highest BCUT2D eigenvalue weighted by Crippen LogP contribution is 2.31. The first kappa shape index (κ1) is 22.9. The lowest BCUT2D eigenvalue weighted by atomic mass is 10.1. The first-order valence-electron chi connectivity index (χ1n) is 8.47. The van der Waals surface area contributed by atoms with Gasteiger partial charge in [-0.25, -0.2) is 9.78 Å². The molecule has 1 aromatic heterocycles. The lowest BCUT2D eigenvalue weighted by Gasteiger charge is -2.26. The van der Waals surface area contributed by atoms with Crippen molar-refractivity contribution in [2.75, 3.05) is 19.7 Å². The number of thiazole rings is 1. The fourth-order valence-electron chi connectivity index (χ4n) is 2.63. The van der Waals surface area contributed by atoms with Crippen LogP contribution in [-0.2, 0) is 9.53 Å². The predicted octanol–water partition coefficient (Wildman–Crippen LogP) is 4.54. The molecule has 7 heteroatoms. The summed E-state index contributed by atoms with van der Waals surface area (Å²) in [5.41, 5.74) is 1.78. The maximum Gasteiger partial charge on any atom is 0.337 e.